The summed E-state index contributed by atoms with van der Waals surface area (Å²) in [7, 11) is 0. The van der Waals surface area contributed by atoms with Crippen LogP contribution in [0.3, 0.4) is 0 Å². The van der Waals surface area contributed by atoms with Crippen LogP contribution >= 0.6 is 12.4 Å². The van der Waals surface area contributed by atoms with Gasteiger partial charge >= 0.3 is 0 Å². The van der Waals surface area contributed by atoms with Crippen LogP contribution in [-0.4, -0.2) is 37.0 Å². The van der Waals surface area contributed by atoms with Crippen LogP contribution in [0.4, 0.5) is 0 Å². The van der Waals surface area contributed by atoms with E-state index in [-0.39, 0.29) is 12.4 Å². The monoisotopic (exact) mass is 288 g/mol. The van der Waals surface area contributed by atoms with Crippen molar-refractivity contribution in [3.63, 3.8) is 0 Å². The molecule has 0 aromatic rings. The first-order valence-electron chi connectivity index (χ1n) is 7.80. The van der Waals surface area contributed by atoms with Gasteiger partial charge in [-0.3, -0.25) is 4.79 Å². The van der Waals surface area contributed by atoms with Crippen LogP contribution in [0, 0.1) is 11.8 Å². The van der Waals surface area contributed by atoms with Crippen molar-refractivity contribution in [3.8, 4) is 0 Å². The largest absolute Gasteiger partial charge is 0.342 e. The average molecular weight is 289 g/mol. The van der Waals surface area contributed by atoms with E-state index in [0.717, 1.165) is 44.9 Å². The summed E-state index contributed by atoms with van der Waals surface area (Å²) >= 11 is 0. The Kier molecular flexibility index (Phi) is 7.77. The smallest absolute Gasteiger partial charge is 0.225 e. The number of rotatable bonds is 4. The van der Waals surface area contributed by atoms with Crippen LogP contribution < -0.4 is 5.32 Å². The maximum absolute atomic E-state index is 12.4. The molecule has 112 valence electrons. The van der Waals surface area contributed by atoms with Gasteiger partial charge in [-0.15, -0.1) is 12.4 Å². The molecular formula is C15H29ClN2O. The Morgan fingerprint density at radius 2 is 1.74 bits per heavy atom. The number of nitrogens with one attached hydrogen (secondary N) is 1. The van der Waals surface area contributed by atoms with Crippen molar-refractivity contribution in [3.05, 3.63) is 0 Å². The lowest BCUT2D eigenvalue weighted by molar-refractivity contribution is -0.138. The third-order valence-electron chi connectivity index (χ3n) is 4.56. The Balaban J connectivity index is 0.00000180. The second-order valence-electron chi connectivity index (χ2n) is 5.91. The molecule has 0 atom stereocenters. The fourth-order valence-electron chi connectivity index (χ4n) is 3.31. The van der Waals surface area contributed by atoms with Crippen LogP contribution in [0.25, 0.3) is 0 Å². The van der Waals surface area contributed by atoms with Gasteiger partial charge in [-0.1, -0.05) is 26.2 Å². The molecular weight excluding hydrogens is 260 g/mol. The minimum Gasteiger partial charge on any atom is -0.342 e. The minimum absolute atomic E-state index is 0. The van der Waals surface area contributed by atoms with Crippen LogP contribution in [0.1, 0.15) is 51.9 Å². The molecule has 2 rings (SSSR count). The first-order chi connectivity index (χ1) is 8.81. The molecule has 2 fully saturated rings. The molecule has 19 heavy (non-hydrogen) atoms. The van der Waals surface area contributed by atoms with Gasteiger partial charge in [0.25, 0.3) is 0 Å². The van der Waals surface area contributed by atoms with Gasteiger partial charge in [0, 0.05) is 19.0 Å². The number of hydrogen-bond donors (Lipinski definition) is 1. The Morgan fingerprint density at radius 1 is 1.11 bits per heavy atom. The molecule has 1 amide bonds. The number of amides is 1. The Labute approximate surface area is 123 Å². The second kappa shape index (κ2) is 8.80. The highest BCUT2D eigenvalue weighted by atomic mass is 35.5. The number of nitrogens with zero attached hydrogens (tertiary/aromatic N) is 1. The van der Waals surface area contributed by atoms with Gasteiger partial charge in [-0.2, -0.15) is 0 Å². The molecule has 1 saturated heterocycles. The zero-order valence-electron chi connectivity index (χ0n) is 12.2. The van der Waals surface area contributed by atoms with E-state index >= 15 is 0 Å². The topological polar surface area (TPSA) is 32.3 Å². The number of carbonyl (C=O) groups is 1. The molecule has 0 bridgehead atoms. The van der Waals surface area contributed by atoms with Crippen LogP contribution in [-0.2, 0) is 4.79 Å². The van der Waals surface area contributed by atoms with E-state index in [1.807, 2.05) is 0 Å². The van der Waals surface area contributed by atoms with Gasteiger partial charge in [0.1, 0.15) is 0 Å². The molecule has 3 nitrogen and oxygen atoms in total. The zero-order valence-corrected chi connectivity index (χ0v) is 13.0. The van der Waals surface area contributed by atoms with Gasteiger partial charge in [0.15, 0.2) is 0 Å². The van der Waals surface area contributed by atoms with Crippen molar-refractivity contribution in [2.75, 3.05) is 26.2 Å². The first kappa shape index (κ1) is 16.8. The van der Waals surface area contributed by atoms with E-state index < -0.39 is 0 Å². The molecule has 0 spiro atoms. The number of carbonyl (C=O) groups excluding carboxylic acids is 1. The SMILES string of the molecule is CCNCC1CCN(C(=O)C2CCCCC2)CC1.Cl. The van der Waals surface area contributed by atoms with Crippen LogP contribution in [0.2, 0.25) is 0 Å². The molecule has 1 saturated carbocycles. The summed E-state index contributed by atoms with van der Waals surface area (Å²) in [6.45, 7) is 6.32. The van der Waals surface area contributed by atoms with Crippen molar-refractivity contribution in [1.82, 2.24) is 10.2 Å². The summed E-state index contributed by atoms with van der Waals surface area (Å²) in [5.74, 6) is 1.58. The maximum atomic E-state index is 12.4. The third-order valence-corrected chi connectivity index (χ3v) is 4.56. The molecule has 0 aromatic carbocycles. The highest BCUT2D eigenvalue weighted by Gasteiger charge is 2.28. The van der Waals surface area contributed by atoms with E-state index in [0.29, 0.717) is 11.8 Å². The summed E-state index contributed by atoms with van der Waals surface area (Å²) in [4.78, 5) is 14.5. The van der Waals surface area contributed by atoms with Crippen molar-refractivity contribution >= 4 is 18.3 Å². The normalized spacial score (nSPS) is 22.1. The van der Waals surface area contributed by atoms with E-state index in [1.165, 1.54) is 32.1 Å². The van der Waals surface area contributed by atoms with E-state index in [1.54, 1.807) is 0 Å². The number of likely N-dealkylation sites (tertiary alicyclic amines) is 1. The molecule has 4 heteroatoms. The summed E-state index contributed by atoms with van der Waals surface area (Å²) in [5.41, 5.74) is 0. The number of hydrogen-bond acceptors (Lipinski definition) is 2. The Morgan fingerprint density at radius 3 is 2.32 bits per heavy atom. The molecule has 0 unspecified atom stereocenters. The van der Waals surface area contributed by atoms with Crippen molar-refractivity contribution < 1.29 is 4.79 Å². The second-order valence-corrected chi connectivity index (χ2v) is 5.91. The molecule has 0 aromatic heterocycles. The molecule has 1 heterocycles. The highest BCUT2D eigenvalue weighted by molar-refractivity contribution is 5.85. The molecule has 1 N–H and O–H groups in total. The zero-order chi connectivity index (χ0) is 12.8. The predicted octanol–water partition coefficient (Wildman–Crippen LogP) is 2.84. The van der Waals surface area contributed by atoms with Crippen molar-refractivity contribution in [2.45, 2.75) is 51.9 Å². The lowest BCUT2D eigenvalue weighted by Crippen LogP contribution is -2.43. The first-order valence-corrected chi connectivity index (χ1v) is 7.80. The summed E-state index contributed by atoms with van der Waals surface area (Å²) in [6, 6.07) is 0. The lowest BCUT2D eigenvalue weighted by atomic mass is 9.87. The van der Waals surface area contributed by atoms with Crippen LogP contribution in [0.15, 0.2) is 0 Å². The third kappa shape index (κ3) is 4.96. The van der Waals surface area contributed by atoms with Crippen molar-refractivity contribution in [2.24, 2.45) is 11.8 Å². The minimum atomic E-state index is 0. The number of halogens is 1. The average Bonchev–Trinajstić information content (AvgIpc) is 2.46. The molecule has 0 radical (unpaired) electrons. The quantitative estimate of drug-likeness (QED) is 0.863. The predicted molar refractivity (Wildman–Crippen MR) is 81.7 cm³/mol. The highest BCUT2D eigenvalue weighted by Crippen LogP contribution is 2.27. The van der Waals surface area contributed by atoms with Gasteiger partial charge in [-0.25, -0.2) is 0 Å². The summed E-state index contributed by atoms with van der Waals surface area (Å²) in [6.07, 6.45) is 8.48. The van der Waals surface area contributed by atoms with E-state index in [9.17, 15) is 4.79 Å². The van der Waals surface area contributed by atoms with Gasteiger partial charge < -0.3 is 10.2 Å². The maximum Gasteiger partial charge on any atom is 0.225 e. The standard InChI is InChI=1S/C15H28N2O.ClH/c1-2-16-12-13-8-10-17(11-9-13)15(18)14-6-4-3-5-7-14;/h13-14,16H,2-12H2,1H3;1H. The fraction of sp³-hybridized carbons (Fsp3) is 0.933. The number of piperidine rings is 1. The molecule has 1 aliphatic heterocycles. The van der Waals surface area contributed by atoms with Crippen LogP contribution in [0.5, 0.6) is 0 Å². The van der Waals surface area contributed by atoms with Crippen molar-refractivity contribution in [1.29, 1.82) is 0 Å². The molecule has 2 aliphatic rings. The van der Waals surface area contributed by atoms with E-state index in [2.05, 4.69) is 17.1 Å². The van der Waals surface area contributed by atoms with Gasteiger partial charge in [0.05, 0.1) is 0 Å². The lowest BCUT2D eigenvalue weighted by Gasteiger charge is -2.35. The summed E-state index contributed by atoms with van der Waals surface area (Å²) < 4.78 is 0. The fourth-order valence-corrected chi connectivity index (χ4v) is 3.31. The Bertz CT molecular complexity index is 259. The van der Waals surface area contributed by atoms with Gasteiger partial charge in [0.2, 0.25) is 5.91 Å². The molecule has 1 aliphatic carbocycles. The van der Waals surface area contributed by atoms with Gasteiger partial charge in [-0.05, 0) is 44.7 Å². The van der Waals surface area contributed by atoms with E-state index in [4.69, 9.17) is 0 Å². The summed E-state index contributed by atoms with van der Waals surface area (Å²) in [5, 5.41) is 3.42. The Hall–Kier alpha value is -0.280.